The van der Waals surface area contributed by atoms with Crippen molar-refractivity contribution in [2.75, 3.05) is 0 Å². The van der Waals surface area contributed by atoms with Gasteiger partial charge in [0.25, 0.3) is 0 Å². The van der Waals surface area contributed by atoms with Crippen LogP contribution >= 0.6 is 0 Å². The van der Waals surface area contributed by atoms with Crippen molar-refractivity contribution in [3.05, 3.63) is 118 Å². The molecule has 0 aliphatic heterocycles. The van der Waals surface area contributed by atoms with Crippen molar-refractivity contribution in [2.45, 2.75) is 77.9 Å². The molecule has 0 amide bonds. The topological polar surface area (TPSA) is 4.44 Å². The van der Waals surface area contributed by atoms with Crippen LogP contribution in [0, 0.1) is 69.8 Å². The van der Waals surface area contributed by atoms with Gasteiger partial charge in [-0.25, -0.2) is 52.7 Å². The molecule has 0 saturated heterocycles. The summed E-state index contributed by atoms with van der Waals surface area (Å²) >= 11 is 0. The fourth-order valence-electron chi connectivity index (χ4n) is 7.67. The van der Waals surface area contributed by atoms with Crippen LogP contribution in [-0.4, -0.2) is 24.3 Å². The maximum absolute atomic E-state index is 15.3. The SMILES string of the molecule is CC(C)[NH+](C(C)C)C1CCCCC1.Fc1ccc(F)c([B-](c2c(F)ccc(F)c2F)(c2c(F)ccc(F)c2F)c2c(F)ccc(F)c2F)c1F. The standard InChI is InChI=1S/C24H8BF12.C12H25N/c26-9-1-5-13(30)21(34)17(9)25(18-10(27)2-6-14(31)22(18)35,19-11(28)3-7-15(32)23(19)36)20-12(29)4-8-16(33)24(20)37;1-10(2)13(11(3)4)12-8-6-5-7-9-12/h1-8H;10-12H,5-9H2,1-4H3/q-1;/p+1. The highest BCUT2D eigenvalue weighted by Crippen LogP contribution is 2.25. The van der Waals surface area contributed by atoms with Crippen LogP contribution in [0.15, 0.2) is 48.5 Å². The molecule has 1 aliphatic rings. The summed E-state index contributed by atoms with van der Waals surface area (Å²) in [5.74, 6) is -26.6. The maximum atomic E-state index is 15.3. The lowest BCUT2D eigenvalue weighted by molar-refractivity contribution is -0.967. The van der Waals surface area contributed by atoms with Crippen molar-refractivity contribution in [2.24, 2.45) is 0 Å². The Hall–Kier alpha value is -3.94. The maximum Gasteiger partial charge on any atom is 0.155 e. The third-order valence-corrected chi connectivity index (χ3v) is 9.46. The van der Waals surface area contributed by atoms with Gasteiger partial charge in [-0.3, -0.25) is 0 Å². The lowest BCUT2D eigenvalue weighted by Crippen LogP contribution is -3.21. The fraction of sp³-hybridized carbons (Fsp3) is 0.333. The number of benzene rings is 4. The minimum atomic E-state index is -5.46. The first-order chi connectivity index (χ1) is 23.5. The molecular weight excluding hydrogens is 685 g/mol. The van der Waals surface area contributed by atoms with Gasteiger partial charge in [0, 0.05) is 0 Å². The van der Waals surface area contributed by atoms with Crippen LogP contribution in [0.4, 0.5) is 52.7 Å². The van der Waals surface area contributed by atoms with E-state index in [2.05, 4.69) is 27.7 Å². The Morgan fingerprint density at radius 2 is 0.660 bits per heavy atom. The molecule has 270 valence electrons. The molecule has 1 saturated carbocycles. The molecule has 1 N–H and O–H groups in total. The number of hydrogen-bond acceptors (Lipinski definition) is 0. The highest BCUT2D eigenvalue weighted by Gasteiger charge is 2.48. The molecule has 0 atom stereocenters. The Bertz CT molecular complexity index is 1610. The smallest absolute Gasteiger partial charge is 0.155 e. The van der Waals surface area contributed by atoms with Gasteiger partial charge < -0.3 is 4.90 Å². The van der Waals surface area contributed by atoms with Crippen molar-refractivity contribution < 1.29 is 57.6 Å². The predicted octanol–water partition coefficient (Wildman–Crippen LogP) is 6.75. The Kier molecular flexibility index (Phi) is 12.1. The second-order valence-corrected chi connectivity index (χ2v) is 13.0. The fourth-order valence-corrected chi connectivity index (χ4v) is 7.67. The Morgan fingerprint density at radius 3 is 0.900 bits per heavy atom. The Balaban J connectivity index is 0.000000363. The molecule has 0 spiro atoms. The molecule has 0 bridgehead atoms. The van der Waals surface area contributed by atoms with E-state index >= 15 is 35.1 Å². The second-order valence-electron chi connectivity index (χ2n) is 13.0. The summed E-state index contributed by atoms with van der Waals surface area (Å²) in [5, 5.41) is 0. The van der Waals surface area contributed by atoms with Crippen LogP contribution in [0.25, 0.3) is 0 Å². The highest BCUT2D eigenvalue weighted by atomic mass is 19.2. The molecule has 0 aromatic heterocycles. The van der Waals surface area contributed by atoms with Crippen molar-refractivity contribution in [3.63, 3.8) is 0 Å². The number of nitrogens with one attached hydrogen (secondary N) is 1. The number of quaternary nitrogens is 1. The summed E-state index contributed by atoms with van der Waals surface area (Å²) in [4.78, 5) is 1.83. The zero-order valence-electron chi connectivity index (χ0n) is 27.5. The zero-order valence-corrected chi connectivity index (χ0v) is 27.5. The van der Waals surface area contributed by atoms with E-state index in [0.717, 1.165) is 18.1 Å². The van der Waals surface area contributed by atoms with Crippen molar-refractivity contribution in [3.8, 4) is 0 Å². The molecule has 1 fully saturated rings. The van der Waals surface area contributed by atoms with E-state index in [1.165, 1.54) is 32.1 Å². The minimum absolute atomic E-state index is 0.0591. The second kappa shape index (κ2) is 15.5. The van der Waals surface area contributed by atoms with E-state index in [0.29, 0.717) is 0 Å². The van der Waals surface area contributed by atoms with Gasteiger partial charge >= 0.3 is 0 Å². The van der Waals surface area contributed by atoms with Gasteiger partial charge in [-0.15, -0.1) is 21.9 Å². The molecule has 4 aromatic rings. The Labute approximate surface area is 281 Å². The zero-order chi connectivity index (χ0) is 37.2. The van der Waals surface area contributed by atoms with Gasteiger partial charge in [-0.2, -0.15) is 0 Å². The van der Waals surface area contributed by atoms with Crippen molar-refractivity contribution in [1.29, 1.82) is 0 Å². The van der Waals surface area contributed by atoms with Crippen molar-refractivity contribution >= 4 is 28.0 Å². The van der Waals surface area contributed by atoms with Crippen LogP contribution in [0.1, 0.15) is 59.8 Å². The molecule has 14 heteroatoms. The average molecular weight is 719 g/mol. The first kappa shape index (κ1) is 38.9. The van der Waals surface area contributed by atoms with Crippen LogP contribution in [0.3, 0.4) is 0 Å². The minimum Gasteiger partial charge on any atom is -0.329 e. The highest BCUT2D eigenvalue weighted by molar-refractivity contribution is 7.20. The van der Waals surface area contributed by atoms with E-state index in [9.17, 15) is 17.6 Å². The lowest BCUT2D eigenvalue weighted by Gasteiger charge is -2.44. The van der Waals surface area contributed by atoms with Crippen LogP contribution in [-0.2, 0) is 0 Å². The summed E-state index contributed by atoms with van der Waals surface area (Å²) in [5.41, 5.74) is -8.57. The van der Waals surface area contributed by atoms with Gasteiger partial charge in [0.1, 0.15) is 29.4 Å². The summed E-state index contributed by atoms with van der Waals surface area (Å²) in [7, 11) is 0. The van der Waals surface area contributed by atoms with Gasteiger partial charge in [0.15, 0.2) is 23.3 Å². The summed E-state index contributed by atoms with van der Waals surface area (Å²) in [6.07, 6.45) is 1.88. The van der Waals surface area contributed by atoms with Gasteiger partial charge in [-0.1, -0.05) is 6.42 Å². The molecule has 50 heavy (non-hydrogen) atoms. The predicted molar refractivity (Wildman–Crippen MR) is 168 cm³/mol. The van der Waals surface area contributed by atoms with E-state index in [1.54, 1.807) is 0 Å². The normalized spacial score (nSPS) is 14.1. The van der Waals surface area contributed by atoms with E-state index < -0.39 is 97.8 Å². The van der Waals surface area contributed by atoms with E-state index in [-0.39, 0.29) is 48.5 Å². The molecular formula is C36H34BF12N. The van der Waals surface area contributed by atoms with Crippen LogP contribution < -0.4 is 26.8 Å². The molecule has 1 aliphatic carbocycles. The summed E-state index contributed by atoms with van der Waals surface area (Å²) in [6.45, 7) is 9.46. The van der Waals surface area contributed by atoms with Crippen LogP contribution in [0.2, 0.25) is 0 Å². The largest absolute Gasteiger partial charge is 0.329 e. The number of halogens is 12. The summed E-state index contributed by atoms with van der Waals surface area (Å²) < 4.78 is 180. The molecule has 0 radical (unpaired) electrons. The molecule has 0 heterocycles. The van der Waals surface area contributed by atoms with Crippen LogP contribution in [0.5, 0.6) is 0 Å². The first-order valence-electron chi connectivity index (χ1n) is 16.1. The molecule has 0 unspecified atom stereocenters. The third-order valence-electron chi connectivity index (χ3n) is 9.46. The number of rotatable bonds is 7. The first-order valence-corrected chi connectivity index (χ1v) is 16.1. The number of hydrogen-bond donors (Lipinski definition) is 1. The molecule has 1 nitrogen and oxygen atoms in total. The molecule has 4 aromatic carbocycles. The Morgan fingerprint density at radius 1 is 0.420 bits per heavy atom. The van der Waals surface area contributed by atoms with Gasteiger partial charge in [0.05, 0.1) is 41.4 Å². The van der Waals surface area contributed by atoms with Gasteiger partial charge in [-0.05, 0) is 102 Å². The quantitative estimate of drug-likeness (QED) is 0.123. The van der Waals surface area contributed by atoms with Gasteiger partial charge in [0.2, 0.25) is 0 Å². The van der Waals surface area contributed by atoms with Crippen molar-refractivity contribution in [1.82, 2.24) is 0 Å². The molecule has 5 rings (SSSR count). The average Bonchev–Trinajstić information content (AvgIpc) is 3.05. The summed E-state index contributed by atoms with van der Waals surface area (Å²) in [6, 6.07) is 3.18. The lowest BCUT2D eigenvalue weighted by atomic mass is 9.12. The monoisotopic (exact) mass is 719 g/mol. The third kappa shape index (κ3) is 7.00. The van der Waals surface area contributed by atoms with E-state index in [4.69, 9.17) is 0 Å². The van der Waals surface area contributed by atoms with E-state index in [1.807, 2.05) is 4.90 Å².